The van der Waals surface area contributed by atoms with E-state index in [-0.39, 0.29) is 24.1 Å². The van der Waals surface area contributed by atoms with Gasteiger partial charge in [0.2, 0.25) is 0 Å². The van der Waals surface area contributed by atoms with E-state index in [1.54, 1.807) is 6.21 Å². The lowest BCUT2D eigenvalue weighted by Crippen LogP contribution is -2.38. The summed E-state index contributed by atoms with van der Waals surface area (Å²) in [7, 11) is 0. The van der Waals surface area contributed by atoms with Crippen LogP contribution in [0.25, 0.3) is 0 Å². The topological polar surface area (TPSA) is 112 Å². The van der Waals surface area contributed by atoms with Gasteiger partial charge in [-0.25, -0.2) is 9.98 Å². The normalized spacial score (nSPS) is 19.2. The maximum absolute atomic E-state index is 7.52. The fourth-order valence-electron chi connectivity index (χ4n) is 3.35. The number of anilines is 1. The Balaban J connectivity index is 1.96. The van der Waals surface area contributed by atoms with Crippen LogP contribution in [0.15, 0.2) is 19.5 Å². The number of nitrogens with zero attached hydrogens (tertiary/aromatic N) is 6. The second kappa shape index (κ2) is 13.7. The van der Waals surface area contributed by atoms with E-state index in [4.69, 9.17) is 19.7 Å². The van der Waals surface area contributed by atoms with Crippen LogP contribution in [0.4, 0.5) is 6.01 Å². The molecular weight excluding hydrogens is 458 g/mol. The van der Waals surface area contributed by atoms with Crippen LogP contribution in [0, 0.1) is 11.3 Å². The van der Waals surface area contributed by atoms with Gasteiger partial charge in [0.05, 0.1) is 17.6 Å². The van der Waals surface area contributed by atoms with Gasteiger partial charge in [0.1, 0.15) is 6.10 Å². The summed E-state index contributed by atoms with van der Waals surface area (Å²) in [5.74, 6) is 1.38. The van der Waals surface area contributed by atoms with E-state index in [0.29, 0.717) is 17.2 Å². The average molecular weight is 496 g/mol. The molecule has 0 amide bonds. The van der Waals surface area contributed by atoms with Gasteiger partial charge < -0.3 is 19.6 Å². The Kier molecular flexibility index (Phi) is 11.4. The number of rotatable bonds is 8. The van der Waals surface area contributed by atoms with Crippen molar-refractivity contribution in [3.63, 3.8) is 0 Å². The molecule has 1 fully saturated rings. The molecule has 0 saturated carbocycles. The lowest BCUT2D eigenvalue weighted by atomic mass is 9.92. The van der Waals surface area contributed by atoms with Crippen molar-refractivity contribution in [2.24, 2.45) is 20.9 Å². The fourth-order valence-corrected chi connectivity index (χ4v) is 4.37. The first-order valence-electron chi connectivity index (χ1n) is 11.4. The number of nitrogens with one attached hydrogen (secondary N) is 1. The molecule has 1 aromatic rings. The molecule has 1 aromatic heterocycles. The highest BCUT2D eigenvalue weighted by atomic mass is 32.2. The monoisotopic (exact) mass is 495 g/mol. The minimum atomic E-state index is -0.0941. The van der Waals surface area contributed by atoms with Crippen molar-refractivity contribution in [2.45, 2.75) is 78.5 Å². The number of hydrogen-bond acceptors (Lipinski definition) is 10. The van der Waals surface area contributed by atoms with E-state index < -0.39 is 0 Å². The molecule has 0 aromatic carbocycles. The van der Waals surface area contributed by atoms with Crippen LogP contribution in [0.2, 0.25) is 0 Å². The maximum Gasteiger partial charge on any atom is 0.324 e. The molecule has 1 N–H and O–H groups in total. The molecule has 2 rings (SSSR count). The average Bonchev–Trinajstić information content (AvgIpc) is 3.29. The molecule has 1 aliphatic rings. The van der Waals surface area contributed by atoms with Gasteiger partial charge in [-0.2, -0.15) is 4.98 Å². The third kappa shape index (κ3) is 8.44. The quantitative estimate of drug-likeness (QED) is 0.394. The van der Waals surface area contributed by atoms with E-state index in [2.05, 4.69) is 45.8 Å². The molecule has 0 spiro atoms. The van der Waals surface area contributed by atoms with Crippen molar-refractivity contribution in [2.75, 3.05) is 24.2 Å². The number of aromatic nitrogens is 2. The molecule has 0 aliphatic carbocycles. The zero-order valence-corrected chi connectivity index (χ0v) is 22.3. The van der Waals surface area contributed by atoms with E-state index in [1.807, 2.05) is 27.0 Å². The maximum atomic E-state index is 7.52. The molecule has 9 nitrogen and oxygen atoms in total. The zero-order chi connectivity index (χ0) is 24.4. The van der Waals surface area contributed by atoms with E-state index in [1.165, 1.54) is 29.1 Å². The summed E-state index contributed by atoms with van der Waals surface area (Å²) in [5, 5.41) is 12.8. The standard InChI is InChI=1S/C22H37N7O2S2/c1-8-24-20(32-7)25-15(4)16(5)26-22(33-13-23)30-17(6)18-9-11-29(12-10-18)21-27-19(14(2)3)28-31-21/h8,13-18,23H,9-12H2,1-7H3/t15?,16-,17-/m0/s1. The first-order chi connectivity index (χ1) is 15.8. The molecule has 1 aliphatic heterocycles. The summed E-state index contributed by atoms with van der Waals surface area (Å²) in [5.41, 5.74) is 1.26. The molecule has 0 radical (unpaired) electrons. The van der Waals surface area contributed by atoms with Crippen molar-refractivity contribution in [1.82, 2.24) is 10.1 Å². The second-order valence-electron chi connectivity index (χ2n) is 8.35. The first-order valence-corrected chi connectivity index (χ1v) is 13.5. The number of ether oxygens (including phenoxy) is 1. The molecule has 0 bridgehead atoms. The van der Waals surface area contributed by atoms with Gasteiger partial charge in [0.25, 0.3) is 5.23 Å². The Hall–Kier alpha value is -1.88. The van der Waals surface area contributed by atoms with Crippen molar-refractivity contribution in [1.29, 1.82) is 5.41 Å². The summed E-state index contributed by atoms with van der Waals surface area (Å²) in [6, 6.07) is 0.459. The Labute approximate surface area is 205 Å². The predicted octanol–water partition coefficient (Wildman–Crippen LogP) is 5.10. The molecule has 33 heavy (non-hydrogen) atoms. The summed E-state index contributed by atoms with van der Waals surface area (Å²) < 4.78 is 11.7. The lowest BCUT2D eigenvalue weighted by Gasteiger charge is -2.33. The SMILES string of the molecule is CC=NC(=NC(C)[C@H](C)N=C(O[C@@H](C)C1CCN(c2nc(C(C)C)no2)CC1)SC=N)SC. The van der Waals surface area contributed by atoms with Crippen LogP contribution in [0.5, 0.6) is 0 Å². The van der Waals surface area contributed by atoms with E-state index in [9.17, 15) is 0 Å². The highest BCUT2D eigenvalue weighted by Gasteiger charge is 2.28. The Morgan fingerprint density at radius 2 is 1.85 bits per heavy atom. The second-order valence-corrected chi connectivity index (χ2v) is 9.95. The van der Waals surface area contributed by atoms with E-state index in [0.717, 1.165) is 36.9 Å². The van der Waals surface area contributed by atoms with Gasteiger partial charge in [-0.3, -0.25) is 4.99 Å². The van der Waals surface area contributed by atoms with Crippen molar-refractivity contribution >= 4 is 51.7 Å². The lowest BCUT2D eigenvalue weighted by molar-refractivity contribution is 0.125. The van der Waals surface area contributed by atoms with Gasteiger partial charge in [-0.15, -0.1) is 0 Å². The number of aliphatic imine (C=N–C) groups is 3. The van der Waals surface area contributed by atoms with Crippen molar-refractivity contribution in [3.05, 3.63) is 5.82 Å². The summed E-state index contributed by atoms with van der Waals surface area (Å²) >= 11 is 2.71. The third-order valence-corrected chi connectivity index (χ3v) is 6.71. The molecule has 2 heterocycles. The van der Waals surface area contributed by atoms with Gasteiger partial charge in [0.15, 0.2) is 11.0 Å². The zero-order valence-electron chi connectivity index (χ0n) is 20.7. The van der Waals surface area contributed by atoms with E-state index >= 15 is 0 Å². The molecule has 1 unspecified atom stereocenters. The Bertz CT molecular complexity index is 832. The Morgan fingerprint density at radius 1 is 1.18 bits per heavy atom. The first kappa shape index (κ1) is 27.4. The smallest absolute Gasteiger partial charge is 0.324 e. The summed E-state index contributed by atoms with van der Waals surface area (Å²) in [4.78, 5) is 20.3. The van der Waals surface area contributed by atoms with Gasteiger partial charge in [0, 0.05) is 25.2 Å². The van der Waals surface area contributed by atoms with Crippen LogP contribution in [0.3, 0.4) is 0 Å². The molecule has 3 atom stereocenters. The molecule has 11 heteroatoms. The predicted molar refractivity (Wildman–Crippen MR) is 142 cm³/mol. The fraction of sp³-hybridized carbons (Fsp3) is 0.727. The molecular formula is C22H37N7O2S2. The van der Waals surface area contributed by atoms with Crippen molar-refractivity contribution in [3.8, 4) is 0 Å². The number of thioether (sulfide) groups is 2. The highest BCUT2D eigenvalue weighted by Crippen LogP contribution is 2.27. The number of hydrogen-bond donors (Lipinski definition) is 1. The minimum Gasteiger partial charge on any atom is -0.469 e. The van der Waals surface area contributed by atoms with Gasteiger partial charge in [-0.1, -0.05) is 30.8 Å². The highest BCUT2D eigenvalue weighted by molar-refractivity contribution is 8.24. The molecule has 184 valence electrons. The van der Waals surface area contributed by atoms with Crippen LogP contribution in [-0.4, -0.2) is 69.8 Å². The van der Waals surface area contributed by atoms with Crippen LogP contribution < -0.4 is 4.90 Å². The summed E-state index contributed by atoms with van der Waals surface area (Å²) in [6.45, 7) is 13.8. The van der Waals surface area contributed by atoms with Crippen LogP contribution in [-0.2, 0) is 4.74 Å². The number of amidine groups is 1. The third-order valence-electron chi connectivity index (χ3n) is 5.61. The summed E-state index contributed by atoms with van der Waals surface area (Å²) in [6.07, 6.45) is 5.62. The van der Waals surface area contributed by atoms with Gasteiger partial charge in [-0.05, 0) is 64.5 Å². The largest absolute Gasteiger partial charge is 0.469 e. The molecule has 1 saturated heterocycles. The number of piperidine rings is 1. The van der Waals surface area contributed by atoms with Gasteiger partial charge >= 0.3 is 6.01 Å². The Morgan fingerprint density at radius 3 is 2.39 bits per heavy atom. The van der Waals surface area contributed by atoms with Crippen LogP contribution >= 0.6 is 23.5 Å². The minimum absolute atomic E-state index is 0.00952. The van der Waals surface area contributed by atoms with Crippen LogP contribution in [0.1, 0.15) is 66.1 Å². The van der Waals surface area contributed by atoms with Crippen molar-refractivity contribution < 1.29 is 9.26 Å².